The lowest BCUT2D eigenvalue weighted by molar-refractivity contribution is -0.384. The summed E-state index contributed by atoms with van der Waals surface area (Å²) < 4.78 is 10.8. The maximum Gasteiger partial charge on any atom is 0.270 e. The van der Waals surface area contributed by atoms with Crippen molar-refractivity contribution in [1.29, 1.82) is 0 Å². The van der Waals surface area contributed by atoms with E-state index >= 15 is 0 Å². The van der Waals surface area contributed by atoms with Crippen molar-refractivity contribution >= 4 is 23.4 Å². The van der Waals surface area contributed by atoms with Crippen LogP contribution < -0.4 is 4.74 Å². The number of aliphatic imine (C=N–C) groups is 1. The van der Waals surface area contributed by atoms with Crippen molar-refractivity contribution in [2.24, 2.45) is 4.99 Å². The third-order valence-corrected chi connectivity index (χ3v) is 3.66. The van der Waals surface area contributed by atoms with Crippen LogP contribution >= 0.6 is 0 Å². The topological polar surface area (TPSA) is 91.0 Å². The zero-order chi connectivity index (χ0) is 18.4. The molecule has 0 bridgehead atoms. The number of carbonyl (C=O) groups is 1. The molecule has 1 heterocycles. The van der Waals surface area contributed by atoms with Crippen LogP contribution in [0.4, 0.5) is 5.69 Å². The van der Waals surface area contributed by atoms with Gasteiger partial charge in [-0.3, -0.25) is 14.9 Å². The minimum Gasteiger partial charge on any atom is -0.484 e. The van der Waals surface area contributed by atoms with Gasteiger partial charge in [0.05, 0.1) is 11.5 Å². The van der Waals surface area contributed by atoms with Gasteiger partial charge in [0.1, 0.15) is 12.4 Å². The molecule has 0 saturated carbocycles. The normalized spacial score (nSPS) is 13.3. The van der Waals surface area contributed by atoms with Gasteiger partial charge in [-0.05, 0) is 35.9 Å². The number of allylic oxidation sites excluding steroid dienone is 1. The van der Waals surface area contributed by atoms with Gasteiger partial charge < -0.3 is 9.47 Å². The number of carbonyl (C=O) groups excluding carboxylic acids is 1. The summed E-state index contributed by atoms with van der Waals surface area (Å²) in [6, 6.07) is 12.8. The molecule has 26 heavy (non-hydrogen) atoms. The predicted octanol–water partition coefficient (Wildman–Crippen LogP) is 3.30. The summed E-state index contributed by atoms with van der Waals surface area (Å²) in [6.45, 7) is 1.51. The SMILES string of the molecule is O=C(/C=C/c1cccc([N+](=O)[O-])c1)c1ccc(OCC2=NCCO2)cc1. The molecule has 1 aliphatic heterocycles. The minimum absolute atomic E-state index is 0.0167. The molecule has 0 spiro atoms. The maximum atomic E-state index is 12.2. The van der Waals surface area contributed by atoms with Crippen LogP contribution in [0.2, 0.25) is 0 Å². The summed E-state index contributed by atoms with van der Waals surface area (Å²) in [5, 5.41) is 10.8. The summed E-state index contributed by atoms with van der Waals surface area (Å²) in [5.41, 5.74) is 1.07. The Balaban J connectivity index is 1.60. The van der Waals surface area contributed by atoms with Crippen LogP contribution in [-0.4, -0.2) is 36.4 Å². The van der Waals surface area contributed by atoms with E-state index in [-0.39, 0.29) is 18.1 Å². The summed E-state index contributed by atoms with van der Waals surface area (Å²) in [4.78, 5) is 26.6. The molecule has 0 aromatic heterocycles. The average Bonchev–Trinajstić information content (AvgIpc) is 3.19. The summed E-state index contributed by atoms with van der Waals surface area (Å²) in [6.07, 6.45) is 2.94. The Labute approximate surface area is 149 Å². The first-order valence-corrected chi connectivity index (χ1v) is 7.98. The van der Waals surface area contributed by atoms with Gasteiger partial charge in [-0.1, -0.05) is 18.2 Å². The fraction of sp³-hybridized carbons (Fsp3) is 0.158. The molecule has 7 nitrogen and oxygen atoms in total. The molecule has 0 atom stereocenters. The predicted molar refractivity (Wildman–Crippen MR) is 96.7 cm³/mol. The second-order valence-electron chi connectivity index (χ2n) is 5.49. The van der Waals surface area contributed by atoms with E-state index in [9.17, 15) is 14.9 Å². The lowest BCUT2D eigenvalue weighted by atomic mass is 10.1. The van der Waals surface area contributed by atoms with E-state index in [0.29, 0.717) is 35.9 Å². The molecule has 0 saturated heterocycles. The first-order valence-electron chi connectivity index (χ1n) is 7.98. The van der Waals surface area contributed by atoms with Crippen LogP contribution in [0.5, 0.6) is 5.75 Å². The van der Waals surface area contributed by atoms with Crippen LogP contribution in [0, 0.1) is 10.1 Å². The van der Waals surface area contributed by atoms with Crippen molar-refractivity contribution in [3.8, 4) is 5.75 Å². The monoisotopic (exact) mass is 352 g/mol. The zero-order valence-electron chi connectivity index (χ0n) is 13.8. The fourth-order valence-corrected chi connectivity index (χ4v) is 2.34. The van der Waals surface area contributed by atoms with Crippen molar-refractivity contribution in [2.75, 3.05) is 19.8 Å². The van der Waals surface area contributed by atoms with Gasteiger partial charge in [-0.25, -0.2) is 4.99 Å². The molecule has 2 aromatic carbocycles. The molecule has 2 aromatic rings. The van der Waals surface area contributed by atoms with E-state index < -0.39 is 4.92 Å². The molecule has 3 rings (SSSR count). The average molecular weight is 352 g/mol. The number of ether oxygens (including phenoxy) is 2. The lowest BCUT2D eigenvalue weighted by Gasteiger charge is -2.06. The largest absolute Gasteiger partial charge is 0.484 e. The van der Waals surface area contributed by atoms with Gasteiger partial charge in [0.15, 0.2) is 12.4 Å². The van der Waals surface area contributed by atoms with E-state index in [1.165, 1.54) is 18.2 Å². The second-order valence-corrected chi connectivity index (χ2v) is 5.49. The highest BCUT2D eigenvalue weighted by Gasteiger charge is 2.09. The number of nitrogens with zero attached hydrogens (tertiary/aromatic N) is 2. The van der Waals surface area contributed by atoms with Gasteiger partial charge in [0.25, 0.3) is 5.69 Å². The van der Waals surface area contributed by atoms with Gasteiger partial charge in [-0.15, -0.1) is 0 Å². The number of nitro groups is 1. The molecule has 0 amide bonds. The highest BCUT2D eigenvalue weighted by atomic mass is 16.6. The third kappa shape index (κ3) is 4.54. The quantitative estimate of drug-likeness (QED) is 0.330. The minimum atomic E-state index is -0.472. The van der Waals surface area contributed by atoms with E-state index in [1.54, 1.807) is 42.5 Å². The Kier molecular flexibility index (Phi) is 5.38. The van der Waals surface area contributed by atoms with Gasteiger partial charge in [-0.2, -0.15) is 0 Å². The first kappa shape index (κ1) is 17.3. The van der Waals surface area contributed by atoms with Crippen LogP contribution in [0.1, 0.15) is 15.9 Å². The number of hydrogen-bond donors (Lipinski definition) is 0. The van der Waals surface area contributed by atoms with E-state index in [0.717, 1.165) is 0 Å². The van der Waals surface area contributed by atoms with Crippen LogP contribution in [0.3, 0.4) is 0 Å². The van der Waals surface area contributed by atoms with Crippen LogP contribution in [-0.2, 0) is 4.74 Å². The van der Waals surface area contributed by atoms with Gasteiger partial charge >= 0.3 is 0 Å². The summed E-state index contributed by atoms with van der Waals surface area (Å²) in [7, 11) is 0. The summed E-state index contributed by atoms with van der Waals surface area (Å²) in [5.74, 6) is 0.985. The van der Waals surface area contributed by atoms with Crippen LogP contribution in [0.15, 0.2) is 59.6 Å². The Bertz CT molecular complexity index is 872. The third-order valence-electron chi connectivity index (χ3n) is 3.66. The number of rotatable bonds is 7. The molecular weight excluding hydrogens is 336 g/mol. The van der Waals surface area contributed by atoms with Crippen LogP contribution in [0.25, 0.3) is 6.08 Å². The Hall–Kier alpha value is -3.48. The Morgan fingerprint density at radius 1 is 1.27 bits per heavy atom. The van der Waals surface area contributed by atoms with Crippen molar-refractivity contribution in [1.82, 2.24) is 0 Å². The van der Waals surface area contributed by atoms with E-state index in [4.69, 9.17) is 9.47 Å². The molecular formula is C19H16N2O5. The number of hydrogen-bond acceptors (Lipinski definition) is 6. The van der Waals surface area contributed by atoms with Crippen molar-refractivity contribution < 1.29 is 19.2 Å². The smallest absolute Gasteiger partial charge is 0.270 e. The summed E-state index contributed by atoms with van der Waals surface area (Å²) >= 11 is 0. The lowest BCUT2D eigenvalue weighted by Crippen LogP contribution is -2.11. The zero-order valence-corrected chi connectivity index (χ0v) is 13.8. The molecule has 0 fully saturated rings. The highest BCUT2D eigenvalue weighted by molar-refractivity contribution is 6.06. The Morgan fingerprint density at radius 3 is 2.77 bits per heavy atom. The molecule has 7 heteroatoms. The number of nitro benzene ring substituents is 1. The molecule has 0 radical (unpaired) electrons. The second kappa shape index (κ2) is 8.06. The van der Waals surface area contributed by atoms with E-state index in [2.05, 4.69) is 4.99 Å². The molecule has 1 aliphatic rings. The van der Waals surface area contributed by atoms with Crippen molar-refractivity contribution in [3.05, 3.63) is 75.8 Å². The maximum absolute atomic E-state index is 12.2. The van der Waals surface area contributed by atoms with Gasteiger partial charge in [0.2, 0.25) is 5.90 Å². The standard InChI is InChI=1S/C19H16N2O5/c22-18(9-4-14-2-1-3-16(12-14)21(23)24)15-5-7-17(8-6-15)26-13-19-20-10-11-25-19/h1-9,12H,10-11,13H2/b9-4+. The van der Waals surface area contributed by atoms with Crippen molar-refractivity contribution in [3.63, 3.8) is 0 Å². The van der Waals surface area contributed by atoms with Crippen molar-refractivity contribution in [2.45, 2.75) is 0 Å². The first-order chi connectivity index (χ1) is 12.6. The molecule has 0 N–H and O–H groups in total. The highest BCUT2D eigenvalue weighted by Crippen LogP contribution is 2.16. The number of ketones is 1. The molecule has 0 aliphatic carbocycles. The number of non-ortho nitro benzene ring substituents is 1. The number of benzene rings is 2. The Morgan fingerprint density at radius 2 is 2.08 bits per heavy atom. The van der Waals surface area contributed by atoms with Gasteiger partial charge in [0, 0.05) is 17.7 Å². The molecule has 132 valence electrons. The fourth-order valence-electron chi connectivity index (χ4n) is 2.34. The molecule has 0 unspecified atom stereocenters. The van der Waals surface area contributed by atoms with E-state index in [1.807, 2.05) is 0 Å².